The van der Waals surface area contributed by atoms with Gasteiger partial charge >= 0.3 is 0 Å². The molecule has 0 saturated carbocycles. The van der Waals surface area contributed by atoms with E-state index in [4.69, 9.17) is 32.7 Å². The minimum atomic E-state index is -0.351. The zero-order valence-corrected chi connectivity index (χ0v) is 26.6. The van der Waals surface area contributed by atoms with Gasteiger partial charge in [0.2, 0.25) is 0 Å². The number of nitrogens with one attached hydrogen (secondary N) is 1. The summed E-state index contributed by atoms with van der Waals surface area (Å²) in [5, 5.41) is 14.5. The van der Waals surface area contributed by atoms with Crippen molar-refractivity contribution in [1.82, 2.24) is 14.8 Å². The van der Waals surface area contributed by atoms with E-state index >= 15 is 0 Å². The standard InChI is InChI=1S/C35H32Cl2FN5O2/c1-42-21-35(22-42)8-11-43(12-9-35)10-4-6-24-14-30-27(15-32(24)44-2)34(25(18-39)19-40-30)41-31-17-33(29(37)16-28(31)36)45-20-23-5-3-7-26(38)13-23/h3,5,7,13-17,19H,8-12,20-22H2,1-2H3,(H,40,41). The molecule has 4 aromatic rings. The van der Waals surface area contributed by atoms with E-state index in [-0.39, 0.29) is 12.4 Å². The molecule has 0 unspecified atom stereocenters. The number of pyridine rings is 1. The average Bonchev–Trinajstić information content (AvgIpc) is 3.01. The lowest BCUT2D eigenvalue weighted by Crippen LogP contribution is -2.58. The first-order valence-electron chi connectivity index (χ1n) is 14.7. The second kappa shape index (κ2) is 13.1. The molecule has 3 aromatic carbocycles. The molecule has 0 atom stereocenters. The van der Waals surface area contributed by atoms with Gasteiger partial charge in [-0.1, -0.05) is 47.2 Å². The van der Waals surface area contributed by atoms with Gasteiger partial charge in [0, 0.05) is 30.7 Å². The van der Waals surface area contributed by atoms with Gasteiger partial charge < -0.3 is 19.7 Å². The normalized spacial score (nSPS) is 16.0. The monoisotopic (exact) mass is 643 g/mol. The molecule has 45 heavy (non-hydrogen) atoms. The summed E-state index contributed by atoms with van der Waals surface area (Å²) < 4.78 is 25.3. The van der Waals surface area contributed by atoms with Crippen LogP contribution in [0.5, 0.6) is 11.5 Å². The Bertz CT molecular complexity index is 1850. The van der Waals surface area contributed by atoms with Crippen molar-refractivity contribution in [3.05, 3.63) is 87.3 Å². The SMILES string of the molecule is COc1cc2c(Nc3cc(OCc4cccc(F)c4)c(Cl)cc3Cl)c(C#N)cnc2cc1C#CCN1CCC2(CC1)CN(C)C2. The van der Waals surface area contributed by atoms with Crippen LogP contribution in [0.2, 0.25) is 10.0 Å². The van der Waals surface area contributed by atoms with Gasteiger partial charge in [-0.25, -0.2) is 4.39 Å². The predicted molar refractivity (Wildman–Crippen MR) is 176 cm³/mol. The smallest absolute Gasteiger partial charge is 0.140 e. The van der Waals surface area contributed by atoms with Crippen LogP contribution in [0.4, 0.5) is 15.8 Å². The Balaban J connectivity index is 1.24. The maximum absolute atomic E-state index is 13.6. The van der Waals surface area contributed by atoms with Crippen LogP contribution in [0.1, 0.15) is 29.5 Å². The molecule has 1 spiro atoms. The van der Waals surface area contributed by atoms with Crippen LogP contribution < -0.4 is 14.8 Å². The number of methoxy groups -OCH3 is 1. The molecule has 2 saturated heterocycles. The van der Waals surface area contributed by atoms with Crippen molar-refractivity contribution in [3.63, 3.8) is 0 Å². The van der Waals surface area contributed by atoms with E-state index < -0.39 is 0 Å². The third kappa shape index (κ3) is 6.81. The second-order valence-corrected chi connectivity index (χ2v) is 12.6. The Morgan fingerprint density at radius 2 is 1.84 bits per heavy atom. The number of benzene rings is 3. The highest BCUT2D eigenvalue weighted by atomic mass is 35.5. The molecule has 230 valence electrons. The minimum absolute atomic E-state index is 0.108. The predicted octanol–water partition coefficient (Wildman–Crippen LogP) is 7.26. The third-order valence-electron chi connectivity index (χ3n) is 8.53. The van der Waals surface area contributed by atoms with Crippen molar-refractivity contribution >= 4 is 45.5 Å². The van der Waals surface area contributed by atoms with E-state index in [1.165, 1.54) is 44.3 Å². The molecule has 0 aliphatic carbocycles. The number of aromatic nitrogens is 1. The fraction of sp³-hybridized carbons (Fsp3) is 0.314. The molecular weight excluding hydrogens is 612 g/mol. The molecule has 6 rings (SSSR count). The molecule has 3 heterocycles. The number of ether oxygens (including phenoxy) is 2. The maximum Gasteiger partial charge on any atom is 0.140 e. The van der Waals surface area contributed by atoms with Gasteiger partial charge in [-0.15, -0.1) is 0 Å². The lowest BCUT2D eigenvalue weighted by molar-refractivity contribution is -0.0287. The topological polar surface area (TPSA) is 73.6 Å². The van der Waals surface area contributed by atoms with Crippen LogP contribution in [0.3, 0.4) is 0 Å². The summed E-state index contributed by atoms with van der Waals surface area (Å²) in [6, 6.07) is 15.3. The molecule has 2 fully saturated rings. The lowest BCUT2D eigenvalue weighted by Gasteiger charge is -2.52. The zero-order chi connectivity index (χ0) is 31.6. The second-order valence-electron chi connectivity index (χ2n) is 11.8. The number of halogens is 3. The van der Waals surface area contributed by atoms with Crippen molar-refractivity contribution in [1.29, 1.82) is 5.26 Å². The quantitative estimate of drug-likeness (QED) is 0.212. The van der Waals surface area contributed by atoms with E-state index in [0.717, 1.165) is 18.7 Å². The Hall–Kier alpha value is -4.05. The molecule has 0 radical (unpaired) electrons. The summed E-state index contributed by atoms with van der Waals surface area (Å²) in [7, 11) is 3.78. The van der Waals surface area contributed by atoms with Gasteiger partial charge in [-0.2, -0.15) is 5.26 Å². The summed E-state index contributed by atoms with van der Waals surface area (Å²) in [6.07, 6.45) is 3.95. The molecule has 2 aliphatic rings. The summed E-state index contributed by atoms with van der Waals surface area (Å²) in [5.74, 6) is 7.19. The fourth-order valence-electron chi connectivity index (χ4n) is 6.21. The molecule has 1 N–H and O–H groups in total. The van der Waals surface area contributed by atoms with Crippen molar-refractivity contribution in [2.45, 2.75) is 19.4 Å². The Labute approximate surface area is 272 Å². The van der Waals surface area contributed by atoms with Gasteiger partial charge in [0.25, 0.3) is 0 Å². The number of piperidine rings is 1. The summed E-state index contributed by atoms with van der Waals surface area (Å²) >= 11 is 13.0. The number of hydrogen-bond donors (Lipinski definition) is 1. The number of rotatable bonds is 7. The minimum Gasteiger partial charge on any atom is -0.495 e. The van der Waals surface area contributed by atoms with Crippen molar-refractivity contribution in [2.75, 3.05) is 52.2 Å². The molecule has 1 aromatic heterocycles. The maximum atomic E-state index is 13.6. The van der Waals surface area contributed by atoms with Gasteiger partial charge in [-0.3, -0.25) is 9.88 Å². The van der Waals surface area contributed by atoms with Crippen LogP contribution in [-0.4, -0.2) is 61.7 Å². The molecule has 0 bridgehead atoms. The van der Waals surface area contributed by atoms with E-state index in [1.54, 1.807) is 31.4 Å². The third-order valence-corrected chi connectivity index (χ3v) is 9.14. The highest BCUT2D eigenvalue weighted by Crippen LogP contribution is 2.40. The first-order valence-corrected chi connectivity index (χ1v) is 15.5. The average molecular weight is 645 g/mol. The summed E-state index contributed by atoms with van der Waals surface area (Å²) in [4.78, 5) is 9.34. The Kier molecular flexibility index (Phi) is 9.03. The Morgan fingerprint density at radius 3 is 2.56 bits per heavy atom. The first-order chi connectivity index (χ1) is 21.8. The van der Waals surface area contributed by atoms with Crippen molar-refractivity contribution in [3.8, 4) is 29.4 Å². The highest BCUT2D eigenvalue weighted by Gasteiger charge is 2.42. The van der Waals surface area contributed by atoms with Crippen LogP contribution in [-0.2, 0) is 6.61 Å². The van der Waals surface area contributed by atoms with Crippen LogP contribution >= 0.6 is 23.2 Å². The number of anilines is 2. The molecule has 7 nitrogen and oxygen atoms in total. The van der Waals surface area contributed by atoms with E-state index in [2.05, 4.69) is 45.1 Å². The van der Waals surface area contributed by atoms with Crippen LogP contribution in [0.25, 0.3) is 10.9 Å². The van der Waals surface area contributed by atoms with Crippen molar-refractivity contribution in [2.24, 2.45) is 5.41 Å². The number of nitriles is 1. The summed E-state index contributed by atoms with van der Waals surface area (Å²) in [5.41, 5.74) is 3.82. The van der Waals surface area contributed by atoms with Crippen LogP contribution in [0.15, 0.2) is 54.7 Å². The molecule has 10 heteroatoms. The highest BCUT2D eigenvalue weighted by molar-refractivity contribution is 6.37. The molecule has 2 aliphatic heterocycles. The molecule has 0 amide bonds. The fourth-order valence-corrected chi connectivity index (χ4v) is 6.70. The first kappa shape index (κ1) is 31.0. The van der Waals surface area contributed by atoms with E-state index in [1.807, 2.05) is 12.1 Å². The lowest BCUT2D eigenvalue weighted by atomic mass is 9.72. The van der Waals surface area contributed by atoms with Gasteiger partial charge in [0.05, 0.1) is 51.7 Å². The number of likely N-dealkylation sites (tertiary alicyclic amines) is 2. The largest absolute Gasteiger partial charge is 0.495 e. The van der Waals surface area contributed by atoms with E-state index in [9.17, 15) is 9.65 Å². The zero-order valence-electron chi connectivity index (χ0n) is 25.1. The molecular formula is C35H32Cl2FN5O2. The number of fused-ring (bicyclic) bond motifs is 1. The summed E-state index contributed by atoms with van der Waals surface area (Å²) in [6.45, 7) is 5.34. The van der Waals surface area contributed by atoms with Crippen molar-refractivity contribution < 1.29 is 13.9 Å². The Morgan fingerprint density at radius 1 is 1.04 bits per heavy atom. The number of nitrogens with zero attached hydrogens (tertiary/aromatic N) is 4. The van der Waals surface area contributed by atoms with E-state index in [0.29, 0.717) is 66.9 Å². The van der Waals surface area contributed by atoms with Gasteiger partial charge in [0.15, 0.2) is 0 Å². The van der Waals surface area contributed by atoms with Gasteiger partial charge in [-0.05, 0) is 74.3 Å². The van der Waals surface area contributed by atoms with Gasteiger partial charge in [0.1, 0.15) is 30.0 Å². The van der Waals surface area contributed by atoms with Crippen LogP contribution in [0, 0.1) is 34.4 Å². The number of hydrogen-bond acceptors (Lipinski definition) is 7.